The maximum Gasteiger partial charge on any atom is 0.305 e. The third kappa shape index (κ3) is 2.99. The highest BCUT2D eigenvalue weighted by Gasteiger charge is 2.69. The van der Waals surface area contributed by atoms with Gasteiger partial charge in [0.25, 0.3) is 0 Å². The SMILES string of the molecule is CN(C)c1ccc([C@H]2c3sc(=O)[nH]c3S[C@@H]3[C@H]4C[C@@H]([C@@H]5C(=O)N(c6ccc(F)cc6)C(=O)[C@@H]45)[C@H]23)cc1. The van der Waals surface area contributed by atoms with Crippen molar-refractivity contribution in [3.8, 4) is 0 Å². The highest BCUT2D eigenvalue weighted by molar-refractivity contribution is 8.00. The summed E-state index contributed by atoms with van der Waals surface area (Å²) in [5, 5.41) is 1.06. The van der Waals surface area contributed by atoms with Crippen LogP contribution in [0, 0.1) is 35.4 Å². The van der Waals surface area contributed by atoms with Crippen LogP contribution in [0.5, 0.6) is 0 Å². The second-order valence-corrected chi connectivity index (χ2v) is 12.6. The summed E-state index contributed by atoms with van der Waals surface area (Å²) >= 11 is 2.95. The van der Waals surface area contributed by atoms with Gasteiger partial charge in [0.1, 0.15) is 5.82 Å². The number of nitrogens with one attached hydrogen (secondary N) is 1. The van der Waals surface area contributed by atoms with Crippen LogP contribution >= 0.6 is 23.1 Å². The molecular formula is C27H24FN3O3S2. The van der Waals surface area contributed by atoms with Gasteiger partial charge in [-0.3, -0.25) is 19.3 Å². The van der Waals surface area contributed by atoms with E-state index >= 15 is 0 Å². The zero-order chi connectivity index (χ0) is 24.9. The average molecular weight is 522 g/mol. The van der Waals surface area contributed by atoms with Crippen LogP contribution in [0.15, 0.2) is 58.4 Å². The van der Waals surface area contributed by atoms with Crippen LogP contribution in [0.2, 0.25) is 0 Å². The molecule has 2 aliphatic carbocycles. The number of aromatic amines is 1. The lowest BCUT2D eigenvalue weighted by Gasteiger charge is -2.43. The van der Waals surface area contributed by atoms with Crippen molar-refractivity contribution in [2.24, 2.45) is 29.6 Å². The number of hydrogen-bond acceptors (Lipinski definition) is 6. The van der Waals surface area contributed by atoms with Crippen molar-refractivity contribution < 1.29 is 14.0 Å². The Bertz CT molecular complexity index is 1450. The molecule has 6 nitrogen and oxygen atoms in total. The van der Waals surface area contributed by atoms with E-state index in [2.05, 4.69) is 34.1 Å². The Morgan fingerprint density at radius 1 is 0.944 bits per heavy atom. The number of fused-ring (bicyclic) bond motifs is 9. The topological polar surface area (TPSA) is 73.5 Å². The number of thiazole rings is 1. The molecule has 1 N–H and O–H groups in total. The van der Waals surface area contributed by atoms with Crippen molar-refractivity contribution >= 4 is 46.3 Å². The standard InChI is InChI=1S/C27H24FN3O3S2/c1-30(2)14-7-3-12(4-8-14)18-19-16-11-17(22(19)35-24-23(18)36-27(34)29-24)21-20(16)25(32)31(26(21)33)15-9-5-13(28)6-10-15/h3-10,16-22H,11H2,1-2H3,(H,29,34)/t16-,17+,18-,19-,20+,21+,22-/m1/s1. The highest BCUT2D eigenvalue weighted by Crippen LogP contribution is 2.68. The Morgan fingerprint density at radius 2 is 1.61 bits per heavy atom. The zero-order valence-corrected chi connectivity index (χ0v) is 21.3. The number of imide groups is 1. The number of H-pyrrole nitrogens is 1. The fraction of sp³-hybridized carbons (Fsp3) is 0.370. The second-order valence-electron chi connectivity index (χ2n) is 10.4. The number of carbonyl (C=O) groups is 2. The minimum Gasteiger partial charge on any atom is -0.378 e. The first-order chi connectivity index (χ1) is 17.3. The van der Waals surface area contributed by atoms with Crippen LogP contribution in [0.4, 0.5) is 15.8 Å². The van der Waals surface area contributed by atoms with E-state index < -0.39 is 5.82 Å². The fourth-order valence-corrected chi connectivity index (χ4v) is 10.1. The van der Waals surface area contributed by atoms with Crippen molar-refractivity contribution in [1.82, 2.24) is 4.98 Å². The molecule has 0 radical (unpaired) electrons. The Labute approximate surface area is 215 Å². The first-order valence-corrected chi connectivity index (χ1v) is 13.8. The highest BCUT2D eigenvalue weighted by atomic mass is 32.2. The number of thioether (sulfide) groups is 1. The number of carbonyl (C=O) groups excluding carboxylic acids is 2. The van der Waals surface area contributed by atoms with Crippen LogP contribution in [0.25, 0.3) is 0 Å². The van der Waals surface area contributed by atoms with Crippen LogP contribution in [-0.4, -0.2) is 36.1 Å². The molecule has 7 rings (SSSR count). The number of benzene rings is 2. The maximum atomic E-state index is 13.7. The monoisotopic (exact) mass is 521 g/mol. The Kier molecular flexibility index (Phi) is 4.83. The van der Waals surface area contributed by atoms with E-state index in [1.54, 1.807) is 11.8 Å². The van der Waals surface area contributed by atoms with Gasteiger partial charge in [0.2, 0.25) is 11.8 Å². The molecular weight excluding hydrogens is 497 g/mol. The summed E-state index contributed by atoms with van der Waals surface area (Å²) < 4.78 is 13.5. The maximum absolute atomic E-state index is 13.7. The van der Waals surface area contributed by atoms with Gasteiger partial charge >= 0.3 is 4.87 Å². The number of anilines is 2. The Morgan fingerprint density at radius 3 is 2.28 bits per heavy atom. The van der Waals surface area contributed by atoms with E-state index in [0.29, 0.717) is 5.69 Å². The van der Waals surface area contributed by atoms with Gasteiger partial charge in [-0.25, -0.2) is 4.39 Å². The molecule has 0 spiro atoms. The summed E-state index contributed by atoms with van der Waals surface area (Å²) in [6, 6.07) is 14.1. The number of hydrogen-bond donors (Lipinski definition) is 1. The first-order valence-electron chi connectivity index (χ1n) is 12.1. The third-order valence-corrected chi connectivity index (χ3v) is 11.2. The smallest absolute Gasteiger partial charge is 0.305 e. The van der Waals surface area contributed by atoms with E-state index in [9.17, 15) is 18.8 Å². The summed E-state index contributed by atoms with van der Waals surface area (Å²) in [6.07, 6.45) is 0.845. The lowest BCUT2D eigenvalue weighted by Crippen LogP contribution is -2.42. The Hall–Kier alpha value is -2.91. The number of aromatic nitrogens is 1. The number of nitrogens with zero attached hydrogens (tertiary/aromatic N) is 2. The molecule has 1 saturated heterocycles. The molecule has 2 bridgehead atoms. The van der Waals surface area contributed by atoms with Crippen molar-refractivity contribution in [3.63, 3.8) is 0 Å². The van der Waals surface area contributed by atoms with E-state index in [1.165, 1.54) is 40.5 Å². The summed E-state index contributed by atoms with van der Waals surface area (Å²) in [5.74, 6) is -1.16. The summed E-state index contributed by atoms with van der Waals surface area (Å²) in [5.41, 5.74) is 2.68. The molecule has 2 amide bonds. The van der Waals surface area contributed by atoms with Gasteiger partial charge in [0.15, 0.2) is 0 Å². The van der Waals surface area contributed by atoms with Gasteiger partial charge in [-0.1, -0.05) is 23.5 Å². The molecule has 9 heteroatoms. The summed E-state index contributed by atoms with van der Waals surface area (Å²) in [6.45, 7) is 0. The molecule has 7 atom stereocenters. The first kappa shape index (κ1) is 22.3. The van der Waals surface area contributed by atoms with Crippen molar-refractivity contribution in [2.45, 2.75) is 22.6 Å². The quantitative estimate of drug-likeness (QED) is 0.520. The van der Waals surface area contributed by atoms with Crippen molar-refractivity contribution in [2.75, 3.05) is 23.9 Å². The molecule has 2 saturated carbocycles. The van der Waals surface area contributed by atoms with E-state index in [1.807, 2.05) is 14.1 Å². The molecule has 36 heavy (non-hydrogen) atoms. The van der Waals surface area contributed by atoms with E-state index in [0.717, 1.165) is 27.6 Å². The zero-order valence-electron chi connectivity index (χ0n) is 19.7. The van der Waals surface area contributed by atoms with Gasteiger partial charge in [0, 0.05) is 35.8 Å². The molecule has 2 aliphatic heterocycles. The summed E-state index contributed by atoms with van der Waals surface area (Å²) in [4.78, 5) is 47.1. The van der Waals surface area contributed by atoms with Gasteiger partial charge in [0.05, 0.1) is 22.5 Å². The molecule has 0 unspecified atom stereocenters. The molecule has 3 heterocycles. The van der Waals surface area contributed by atoms with E-state index in [4.69, 9.17) is 0 Å². The second kappa shape index (κ2) is 7.79. The average Bonchev–Trinajstić information content (AvgIpc) is 3.59. The van der Waals surface area contributed by atoms with Gasteiger partial charge in [-0.05, 0) is 66.1 Å². The number of rotatable bonds is 3. The molecule has 3 aromatic rings. The van der Waals surface area contributed by atoms with Gasteiger partial charge < -0.3 is 9.88 Å². The van der Waals surface area contributed by atoms with Gasteiger partial charge in [-0.15, -0.1) is 11.8 Å². The van der Waals surface area contributed by atoms with Crippen molar-refractivity contribution in [1.29, 1.82) is 0 Å². The summed E-state index contributed by atoms with van der Waals surface area (Å²) in [7, 11) is 4.01. The molecule has 4 aliphatic rings. The minimum atomic E-state index is -0.399. The van der Waals surface area contributed by atoms with Gasteiger partial charge in [-0.2, -0.15) is 0 Å². The molecule has 2 aromatic carbocycles. The minimum absolute atomic E-state index is 0.00476. The normalized spacial score (nSPS) is 32.0. The predicted octanol–water partition coefficient (Wildman–Crippen LogP) is 4.32. The fourth-order valence-electron chi connectivity index (χ4n) is 7.21. The predicted molar refractivity (Wildman–Crippen MR) is 138 cm³/mol. The van der Waals surface area contributed by atoms with Crippen LogP contribution < -0.4 is 14.7 Å². The number of amides is 2. The van der Waals surface area contributed by atoms with Crippen LogP contribution in [0.3, 0.4) is 0 Å². The molecule has 1 aromatic heterocycles. The van der Waals surface area contributed by atoms with Crippen LogP contribution in [0.1, 0.15) is 22.8 Å². The van der Waals surface area contributed by atoms with Crippen LogP contribution in [-0.2, 0) is 9.59 Å². The van der Waals surface area contributed by atoms with E-state index in [-0.39, 0.29) is 57.4 Å². The lowest BCUT2D eigenvalue weighted by molar-refractivity contribution is -0.123. The van der Waals surface area contributed by atoms with Crippen molar-refractivity contribution in [3.05, 3.63) is 74.5 Å². The number of halogens is 1. The molecule has 184 valence electrons. The lowest BCUT2D eigenvalue weighted by atomic mass is 9.68. The molecule has 3 fully saturated rings. The third-order valence-electron chi connectivity index (χ3n) is 8.58. The Balaban J connectivity index is 1.31. The largest absolute Gasteiger partial charge is 0.378 e.